The van der Waals surface area contributed by atoms with Crippen LogP contribution in [-0.2, 0) is 0 Å². The molecule has 0 unspecified atom stereocenters. The van der Waals surface area contributed by atoms with Gasteiger partial charge < -0.3 is 10.2 Å². The Labute approximate surface area is 179 Å². The Morgan fingerprint density at radius 1 is 0.967 bits per heavy atom. The summed E-state index contributed by atoms with van der Waals surface area (Å²) in [6.07, 6.45) is 0. The highest BCUT2D eigenvalue weighted by Crippen LogP contribution is 2.25. The molecule has 1 atom stereocenters. The van der Waals surface area contributed by atoms with E-state index in [0.29, 0.717) is 18.1 Å². The molecule has 156 valence electrons. The van der Waals surface area contributed by atoms with Crippen LogP contribution in [0.25, 0.3) is 11.1 Å². The highest BCUT2D eigenvalue weighted by Gasteiger charge is 2.25. The molecule has 0 bridgehead atoms. The number of carbonyl (C=O) groups excluding carboxylic acids is 1. The monoisotopic (exact) mass is 402 g/mol. The third-order valence-corrected chi connectivity index (χ3v) is 5.28. The van der Waals surface area contributed by atoms with Crippen molar-refractivity contribution in [1.82, 2.24) is 14.9 Å². The Kier molecular flexibility index (Phi) is 6.83. The van der Waals surface area contributed by atoms with Crippen LogP contribution in [0, 0.1) is 19.8 Å². The van der Waals surface area contributed by atoms with E-state index in [0.717, 1.165) is 22.5 Å². The third-order valence-electron chi connectivity index (χ3n) is 5.28. The van der Waals surface area contributed by atoms with Crippen molar-refractivity contribution in [3.05, 3.63) is 77.6 Å². The summed E-state index contributed by atoms with van der Waals surface area (Å²) in [6, 6.07) is 19.8. The van der Waals surface area contributed by atoms with Gasteiger partial charge in [0.15, 0.2) is 0 Å². The fourth-order valence-corrected chi connectivity index (χ4v) is 3.70. The maximum absolute atomic E-state index is 13.5. The van der Waals surface area contributed by atoms with Crippen molar-refractivity contribution in [3.8, 4) is 11.1 Å². The Balaban J connectivity index is 1.82. The lowest BCUT2D eigenvalue weighted by molar-refractivity contribution is 0.0701. The first-order valence-electron chi connectivity index (χ1n) is 10.3. The summed E-state index contributed by atoms with van der Waals surface area (Å²) in [7, 11) is 1.87. The first-order valence-corrected chi connectivity index (χ1v) is 10.3. The molecule has 0 aliphatic rings. The Morgan fingerprint density at radius 2 is 1.57 bits per heavy atom. The van der Waals surface area contributed by atoms with Gasteiger partial charge in [-0.1, -0.05) is 62.4 Å². The van der Waals surface area contributed by atoms with E-state index in [1.54, 1.807) is 0 Å². The van der Waals surface area contributed by atoms with Crippen LogP contribution in [0.3, 0.4) is 0 Å². The minimum Gasteiger partial charge on any atom is -0.352 e. The molecule has 0 fully saturated rings. The lowest BCUT2D eigenvalue weighted by Gasteiger charge is -2.32. The van der Waals surface area contributed by atoms with Crippen LogP contribution in [-0.4, -0.2) is 40.4 Å². The van der Waals surface area contributed by atoms with Crippen LogP contribution >= 0.6 is 0 Å². The molecule has 5 heteroatoms. The molecule has 3 rings (SSSR count). The van der Waals surface area contributed by atoms with Gasteiger partial charge in [0.1, 0.15) is 0 Å². The number of anilines is 1. The summed E-state index contributed by atoms with van der Waals surface area (Å²) in [6.45, 7) is 8.74. The molecule has 1 N–H and O–H groups in total. The first-order chi connectivity index (χ1) is 14.4. The number of hydrogen-bond donors (Lipinski definition) is 1. The van der Waals surface area contributed by atoms with Crippen LogP contribution in [0.2, 0.25) is 0 Å². The van der Waals surface area contributed by atoms with Crippen LogP contribution in [0.15, 0.2) is 60.7 Å². The van der Waals surface area contributed by atoms with E-state index in [1.165, 1.54) is 0 Å². The highest BCUT2D eigenvalue weighted by molar-refractivity contribution is 6.01. The minimum absolute atomic E-state index is 0.00857. The van der Waals surface area contributed by atoms with Gasteiger partial charge in [-0.05, 0) is 43.0 Å². The number of carbonyl (C=O) groups is 1. The van der Waals surface area contributed by atoms with Crippen LogP contribution in [0.5, 0.6) is 0 Å². The summed E-state index contributed by atoms with van der Waals surface area (Å²) >= 11 is 0. The molecule has 2 aromatic carbocycles. The predicted octanol–water partition coefficient (Wildman–Crippen LogP) is 4.97. The molecule has 0 spiro atoms. The molecular formula is C25H30N4O. The SMILES string of the molecule is Cc1cc(C)nc(NC[C@H](C(C)C)N(C)C(=O)c2ccccc2-c2ccccc2)n1. The van der Waals surface area contributed by atoms with Crippen LogP contribution in [0.1, 0.15) is 35.6 Å². The number of rotatable bonds is 7. The van der Waals surface area contributed by atoms with Crippen molar-refractivity contribution in [2.45, 2.75) is 33.7 Å². The van der Waals surface area contributed by atoms with Gasteiger partial charge in [-0.15, -0.1) is 0 Å². The molecule has 30 heavy (non-hydrogen) atoms. The summed E-state index contributed by atoms with van der Waals surface area (Å²) in [4.78, 5) is 24.2. The van der Waals surface area contributed by atoms with Crippen molar-refractivity contribution < 1.29 is 4.79 Å². The molecule has 1 heterocycles. The van der Waals surface area contributed by atoms with Crippen molar-refractivity contribution in [3.63, 3.8) is 0 Å². The van der Waals surface area contributed by atoms with E-state index < -0.39 is 0 Å². The number of aryl methyl sites for hydroxylation is 2. The largest absolute Gasteiger partial charge is 0.352 e. The molecule has 3 aromatic rings. The number of benzene rings is 2. The smallest absolute Gasteiger partial charge is 0.254 e. The van der Waals surface area contributed by atoms with Crippen molar-refractivity contribution in [1.29, 1.82) is 0 Å². The molecule has 1 amide bonds. The lowest BCUT2D eigenvalue weighted by Crippen LogP contribution is -2.45. The summed E-state index contributed by atoms with van der Waals surface area (Å²) in [5, 5.41) is 3.33. The highest BCUT2D eigenvalue weighted by atomic mass is 16.2. The lowest BCUT2D eigenvalue weighted by atomic mass is 9.97. The quantitative estimate of drug-likeness (QED) is 0.606. The second kappa shape index (κ2) is 9.53. The standard InChI is InChI=1S/C25H30N4O/c1-17(2)23(16-26-25-27-18(3)15-19(4)28-25)29(5)24(30)22-14-10-9-13-21(22)20-11-7-6-8-12-20/h6-15,17,23H,16H2,1-5H3,(H,26,27,28)/t23-/m1/s1. The molecule has 0 saturated heterocycles. The van der Waals surface area contributed by atoms with Gasteiger partial charge in [-0.3, -0.25) is 4.79 Å². The molecule has 0 aliphatic carbocycles. The summed E-state index contributed by atoms with van der Waals surface area (Å²) in [5.74, 6) is 0.876. The number of nitrogens with one attached hydrogen (secondary N) is 1. The maximum Gasteiger partial charge on any atom is 0.254 e. The fraction of sp³-hybridized carbons (Fsp3) is 0.320. The van der Waals surface area contributed by atoms with E-state index >= 15 is 0 Å². The normalized spacial score (nSPS) is 11.9. The molecule has 0 aliphatic heterocycles. The Hall–Kier alpha value is -3.21. The fourth-order valence-electron chi connectivity index (χ4n) is 3.70. The van der Waals surface area contributed by atoms with Gasteiger partial charge in [0.05, 0.1) is 6.04 Å². The van der Waals surface area contributed by atoms with Gasteiger partial charge in [0.2, 0.25) is 5.95 Å². The second-order valence-electron chi connectivity index (χ2n) is 7.99. The van der Waals surface area contributed by atoms with E-state index in [1.807, 2.05) is 86.5 Å². The topological polar surface area (TPSA) is 58.1 Å². The third kappa shape index (κ3) is 5.03. The van der Waals surface area contributed by atoms with Crippen LogP contribution in [0.4, 0.5) is 5.95 Å². The molecule has 0 saturated carbocycles. The number of likely N-dealkylation sites (N-methyl/N-ethyl adjacent to an activating group) is 1. The zero-order chi connectivity index (χ0) is 21.7. The van der Waals surface area contributed by atoms with Crippen molar-refractivity contribution >= 4 is 11.9 Å². The zero-order valence-corrected chi connectivity index (χ0v) is 18.4. The van der Waals surface area contributed by atoms with Crippen molar-refractivity contribution in [2.75, 3.05) is 18.9 Å². The zero-order valence-electron chi connectivity index (χ0n) is 18.4. The van der Waals surface area contributed by atoms with Gasteiger partial charge in [-0.25, -0.2) is 9.97 Å². The second-order valence-corrected chi connectivity index (χ2v) is 7.99. The number of aromatic nitrogens is 2. The minimum atomic E-state index is -0.00857. The molecule has 1 aromatic heterocycles. The van der Waals surface area contributed by atoms with E-state index in [-0.39, 0.29) is 17.9 Å². The molecular weight excluding hydrogens is 372 g/mol. The molecule has 0 radical (unpaired) electrons. The summed E-state index contributed by atoms with van der Waals surface area (Å²) in [5.41, 5.74) is 4.54. The van der Waals surface area contributed by atoms with Gasteiger partial charge in [-0.2, -0.15) is 0 Å². The molecule has 5 nitrogen and oxygen atoms in total. The van der Waals surface area contributed by atoms with Gasteiger partial charge >= 0.3 is 0 Å². The Bertz CT molecular complexity index is 981. The Morgan fingerprint density at radius 3 is 2.20 bits per heavy atom. The van der Waals surface area contributed by atoms with Crippen LogP contribution < -0.4 is 5.32 Å². The maximum atomic E-state index is 13.5. The first kappa shape index (κ1) is 21.5. The van der Waals surface area contributed by atoms with Gasteiger partial charge in [0.25, 0.3) is 5.91 Å². The van der Waals surface area contributed by atoms with Crippen molar-refractivity contribution in [2.24, 2.45) is 5.92 Å². The van der Waals surface area contributed by atoms with E-state index in [9.17, 15) is 4.79 Å². The van der Waals surface area contributed by atoms with E-state index in [2.05, 4.69) is 29.1 Å². The average Bonchev–Trinajstić information content (AvgIpc) is 2.73. The predicted molar refractivity (Wildman–Crippen MR) is 123 cm³/mol. The van der Waals surface area contributed by atoms with E-state index in [4.69, 9.17) is 0 Å². The number of amides is 1. The average molecular weight is 403 g/mol. The summed E-state index contributed by atoms with van der Waals surface area (Å²) < 4.78 is 0. The number of nitrogens with zero attached hydrogens (tertiary/aromatic N) is 3. The number of hydrogen-bond acceptors (Lipinski definition) is 4. The van der Waals surface area contributed by atoms with Gasteiger partial charge in [0, 0.05) is 30.5 Å².